The molecule has 19 heavy (non-hydrogen) atoms. The zero-order chi connectivity index (χ0) is 14.5. The molecule has 0 saturated heterocycles. The van der Waals surface area contributed by atoms with Crippen molar-refractivity contribution in [2.24, 2.45) is 0 Å². The van der Waals surface area contributed by atoms with Gasteiger partial charge in [-0.25, -0.2) is 0 Å². The van der Waals surface area contributed by atoms with Crippen LogP contribution >= 0.6 is 0 Å². The van der Waals surface area contributed by atoms with Crippen LogP contribution in [0.2, 0.25) is 6.55 Å². The van der Waals surface area contributed by atoms with Crippen LogP contribution in [0.3, 0.4) is 0 Å². The first kappa shape index (κ1) is 16.2. The first-order chi connectivity index (χ1) is 8.80. The maximum Gasteiger partial charge on any atom is 0.416 e. The molecule has 108 valence electrons. The molecule has 0 aromatic heterocycles. The number of alkyl halides is 3. The molecule has 6 heteroatoms. The molecule has 1 rings (SSSR count). The van der Waals surface area contributed by atoms with E-state index in [1.165, 1.54) is 12.1 Å². The van der Waals surface area contributed by atoms with E-state index in [-0.39, 0.29) is 0 Å². The van der Waals surface area contributed by atoms with Crippen molar-refractivity contribution in [1.29, 1.82) is 0 Å². The molecule has 0 fully saturated rings. The predicted molar refractivity (Wildman–Crippen MR) is 70.0 cm³/mol. The molecule has 0 N–H and O–H groups in total. The lowest BCUT2D eigenvalue weighted by atomic mass is 10.1. The lowest BCUT2D eigenvalue weighted by Gasteiger charge is -2.26. The Kier molecular flexibility index (Phi) is 5.58. The molecule has 0 amide bonds. The Hall–Kier alpha value is -0.853. The van der Waals surface area contributed by atoms with E-state index in [1.54, 1.807) is 0 Å². The highest BCUT2D eigenvalue weighted by Gasteiger charge is 2.33. The Bertz CT molecular complexity index is 384. The van der Waals surface area contributed by atoms with E-state index >= 15 is 0 Å². The van der Waals surface area contributed by atoms with Crippen molar-refractivity contribution in [3.8, 4) is 0 Å². The summed E-state index contributed by atoms with van der Waals surface area (Å²) in [6.07, 6.45) is -4.29. The molecule has 0 heterocycles. The van der Waals surface area contributed by atoms with Crippen LogP contribution in [0.1, 0.15) is 25.0 Å². The molecule has 0 atom stereocenters. The van der Waals surface area contributed by atoms with E-state index in [0.717, 1.165) is 17.7 Å². The summed E-state index contributed by atoms with van der Waals surface area (Å²) in [6.45, 7) is 6.79. The van der Waals surface area contributed by atoms with Crippen molar-refractivity contribution in [1.82, 2.24) is 0 Å². The number of rotatable bonds is 6. The second kappa shape index (κ2) is 6.54. The predicted octanol–water partition coefficient (Wildman–Crippen LogP) is 3.93. The molecule has 0 bridgehead atoms. The molecular weight excluding hydrogens is 273 g/mol. The fourth-order valence-electron chi connectivity index (χ4n) is 1.94. The molecule has 0 saturated carbocycles. The summed E-state index contributed by atoms with van der Waals surface area (Å²) in [5, 5.41) is 0. The lowest BCUT2D eigenvalue weighted by Crippen LogP contribution is -2.41. The Morgan fingerprint density at radius 1 is 1.00 bits per heavy atom. The number of halogens is 3. The molecule has 0 radical (unpaired) electrons. The van der Waals surface area contributed by atoms with Crippen molar-refractivity contribution in [3.63, 3.8) is 0 Å². The van der Waals surface area contributed by atoms with Gasteiger partial charge in [0.15, 0.2) is 0 Å². The number of hydrogen-bond acceptors (Lipinski definition) is 2. The van der Waals surface area contributed by atoms with Gasteiger partial charge in [0.05, 0.1) is 5.56 Å². The highest BCUT2D eigenvalue weighted by atomic mass is 28.4. The van der Waals surface area contributed by atoms with Crippen LogP contribution in [0.4, 0.5) is 13.2 Å². The molecule has 0 aliphatic heterocycles. The third-order valence-electron chi connectivity index (χ3n) is 2.71. The van der Waals surface area contributed by atoms with E-state index < -0.39 is 20.3 Å². The van der Waals surface area contributed by atoms with Crippen LogP contribution in [0.25, 0.3) is 0 Å². The minimum Gasteiger partial charge on any atom is -0.394 e. The summed E-state index contributed by atoms with van der Waals surface area (Å²) in [5.41, 5.74) is 0.177. The van der Waals surface area contributed by atoms with Crippen LogP contribution in [0.15, 0.2) is 24.3 Å². The van der Waals surface area contributed by atoms with E-state index in [4.69, 9.17) is 8.85 Å². The molecule has 0 spiro atoms. The fourth-order valence-corrected chi connectivity index (χ4v) is 4.42. The highest BCUT2D eigenvalue weighted by Crippen LogP contribution is 2.29. The normalized spacial score (nSPS) is 12.7. The summed E-state index contributed by atoms with van der Waals surface area (Å²) in [7, 11) is -2.33. The zero-order valence-corrected chi connectivity index (χ0v) is 12.4. The number of hydrogen-bond donors (Lipinski definition) is 0. The van der Waals surface area contributed by atoms with E-state index in [9.17, 15) is 13.2 Å². The minimum atomic E-state index is -4.29. The summed E-state index contributed by atoms with van der Waals surface area (Å²) in [4.78, 5) is 0. The average molecular weight is 292 g/mol. The summed E-state index contributed by atoms with van der Waals surface area (Å²) >= 11 is 0. The van der Waals surface area contributed by atoms with Gasteiger partial charge in [0.2, 0.25) is 0 Å². The quantitative estimate of drug-likeness (QED) is 0.740. The standard InChI is InChI=1S/C13H19F3O2Si/c1-4-17-19(3,18-5-2)10-11-6-8-12(9-7-11)13(14,15)16/h6-9H,4-5,10H2,1-3H3. The van der Waals surface area contributed by atoms with Crippen LogP contribution in [0.5, 0.6) is 0 Å². The SMILES string of the molecule is CCO[Si](C)(Cc1ccc(C(F)(F)F)cc1)OCC. The number of benzene rings is 1. The third-order valence-corrected chi connectivity index (χ3v) is 5.55. The molecule has 1 aromatic carbocycles. The second-order valence-electron chi connectivity index (χ2n) is 4.37. The first-order valence-electron chi connectivity index (χ1n) is 6.25. The fraction of sp³-hybridized carbons (Fsp3) is 0.538. The van der Waals surface area contributed by atoms with E-state index in [1.807, 2.05) is 20.4 Å². The van der Waals surface area contributed by atoms with Gasteiger partial charge in [-0.05, 0) is 38.1 Å². The summed E-state index contributed by atoms with van der Waals surface area (Å²) < 4.78 is 48.7. The van der Waals surface area contributed by atoms with Crippen molar-refractivity contribution in [3.05, 3.63) is 35.4 Å². The van der Waals surface area contributed by atoms with Gasteiger partial charge in [0, 0.05) is 19.3 Å². The van der Waals surface area contributed by atoms with E-state index in [2.05, 4.69) is 0 Å². The van der Waals surface area contributed by atoms with Gasteiger partial charge in [-0.15, -0.1) is 0 Å². The summed E-state index contributed by atoms with van der Waals surface area (Å²) in [5.74, 6) is 0. The van der Waals surface area contributed by atoms with Gasteiger partial charge in [-0.2, -0.15) is 13.2 Å². The van der Waals surface area contributed by atoms with Crippen molar-refractivity contribution < 1.29 is 22.0 Å². The third kappa shape index (κ3) is 4.97. The van der Waals surface area contributed by atoms with Crippen molar-refractivity contribution in [2.45, 2.75) is 32.6 Å². The molecule has 1 aromatic rings. The van der Waals surface area contributed by atoms with Crippen LogP contribution in [0, 0.1) is 0 Å². The van der Waals surface area contributed by atoms with Gasteiger partial charge in [0.25, 0.3) is 0 Å². The van der Waals surface area contributed by atoms with Gasteiger partial charge >= 0.3 is 14.7 Å². The zero-order valence-electron chi connectivity index (χ0n) is 11.4. The van der Waals surface area contributed by atoms with Gasteiger partial charge < -0.3 is 8.85 Å². The molecular formula is C13H19F3O2Si. The summed E-state index contributed by atoms with van der Waals surface area (Å²) in [6, 6.07) is 5.73. The molecule has 0 aliphatic carbocycles. The van der Waals surface area contributed by atoms with Crippen LogP contribution in [-0.4, -0.2) is 21.8 Å². The van der Waals surface area contributed by atoms with Gasteiger partial charge in [0.1, 0.15) is 0 Å². The molecule has 0 unspecified atom stereocenters. The minimum absolute atomic E-state index is 0.545. The second-order valence-corrected chi connectivity index (χ2v) is 7.57. The van der Waals surface area contributed by atoms with E-state index in [0.29, 0.717) is 19.3 Å². The first-order valence-corrected chi connectivity index (χ1v) is 8.77. The van der Waals surface area contributed by atoms with Crippen molar-refractivity contribution >= 4 is 8.56 Å². The smallest absolute Gasteiger partial charge is 0.394 e. The Morgan fingerprint density at radius 3 is 1.84 bits per heavy atom. The Labute approximate surface area is 112 Å². The Balaban J connectivity index is 2.81. The van der Waals surface area contributed by atoms with Gasteiger partial charge in [-0.1, -0.05) is 12.1 Å². The topological polar surface area (TPSA) is 18.5 Å². The Morgan fingerprint density at radius 2 is 1.47 bits per heavy atom. The maximum atomic E-state index is 12.5. The van der Waals surface area contributed by atoms with Gasteiger partial charge in [-0.3, -0.25) is 0 Å². The van der Waals surface area contributed by atoms with Crippen molar-refractivity contribution in [2.75, 3.05) is 13.2 Å². The largest absolute Gasteiger partial charge is 0.416 e. The van der Waals surface area contributed by atoms with Crippen LogP contribution in [-0.2, 0) is 21.1 Å². The maximum absolute atomic E-state index is 12.5. The highest BCUT2D eigenvalue weighted by molar-refractivity contribution is 6.65. The van der Waals surface area contributed by atoms with Crippen LogP contribution < -0.4 is 0 Å². The molecule has 0 aliphatic rings. The lowest BCUT2D eigenvalue weighted by molar-refractivity contribution is -0.137. The average Bonchev–Trinajstić information content (AvgIpc) is 2.28. The monoisotopic (exact) mass is 292 g/mol. The molecule has 2 nitrogen and oxygen atoms in total.